The van der Waals surface area contributed by atoms with Crippen molar-refractivity contribution in [2.75, 3.05) is 0 Å². The van der Waals surface area contributed by atoms with Crippen LogP contribution in [0.5, 0.6) is 0 Å². The van der Waals surface area contributed by atoms with Crippen LogP contribution in [0.3, 0.4) is 0 Å². The summed E-state index contributed by atoms with van der Waals surface area (Å²) >= 11 is 0. The molecule has 76 valence electrons. The summed E-state index contributed by atoms with van der Waals surface area (Å²) in [6.07, 6.45) is 9.42. The number of imidazole rings is 1. The summed E-state index contributed by atoms with van der Waals surface area (Å²) in [5.41, 5.74) is 7.39. The Kier molecular flexibility index (Phi) is 1.71. The van der Waals surface area contributed by atoms with Crippen LogP contribution in [0.4, 0.5) is 0 Å². The Morgan fingerprint density at radius 2 is 2.14 bits per heavy atom. The summed E-state index contributed by atoms with van der Waals surface area (Å²) in [6.45, 7) is 0. The van der Waals surface area contributed by atoms with Gasteiger partial charge in [0.25, 0.3) is 0 Å². The highest BCUT2D eigenvalue weighted by Crippen LogP contribution is 2.39. The fraction of sp³-hybridized carbons (Fsp3) is 0.727. The molecule has 3 rings (SSSR count). The predicted molar refractivity (Wildman–Crippen MR) is 54.9 cm³/mol. The number of H-pyrrole nitrogens is 1. The highest BCUT2D eigenvalue weighted by atomic mass is 15.0. The lowest BCUT2D eigenvalue weighted by atomic mass is 9.77. The molecule has 2 aliphatic rings. The zero-order valence-corrected chi connectivity index (χ0v) is 8.42. The number of nitrogens with two attached hydrogens (primary N) is 1. The summed E-state index contributed by atoms with van der Waals surface area (Å²) in [6, 6.07) is 0. The molecule has 1 aromatic rings. The number of hydrogen-bond donors (Lipinski definition) is 2. The van der Waals surface area contributed by atoms with Crippen molar-refractivity contribution in [3.8, 4) is 0 Å². The average Bonchev–Trinajstić information content (AvgIpc) is 2.46. The third-order valence-electron chi connectivity index (χ3n) is 3.86. The Morgan fingerprint density at radius 1 is 1.36 bits per heavy atom. The molecule has 0 aromatic carbocycles. The van der Waals surface area contributed by atoms with Crippen molar-refractivity contribution in [2.45, 2.75) is 50.0 Å². The van der Waals surface area contributed by atoms with Crippen LogP contribution in [0.1, 0.15) is 56.0 Å². The van der Waals surface area contributed by atoms with Crippen LogP contribution in [0, 0.1) is 0 Å². The molecule has 1 heterocycles. The Hall–Kier alpha value is -0.830. The topological polar surface area (TPSA) is 54.7 Å². The zero-order chi connectivity index (χ0) is 9.60. The predicted octanol–water partition coefficient (Wildman–Crippen LogP) is 2.02. The van der Waals surface area contributed by atoms with Crippen molar-refractivity contribution in [1.29, 1.82) is 0 Å². The van der Waals surface area contributed by atoms with Crippen LogP contribution in [0.15, 0.2) is 6.20 Å². The van der Waals surface area contributed by atoms with Crippen molar-refractivity contribution >= 4 is 0 Å². The van der Waals surface area contributed by atoms with Gasteiger partial charge in [0.2, 0.25) is 0 Å². The molecule has 0 radical (unpaired) electrons. The number of aromatic amines is 1. The van der Waals surface area contributed by atoms with Crippen LogP contribution in [0.25, 0.3) is 0 Å². The number of nitrogens with one attached hydrogen (secondary N) is 1. The second-order valence-corrected chi connectivity index (χ2v) is 4.82. The molecule has 3 nitrogen and oxygen atoms in total. The minimum atomic E-state index is -0.123. The number of nitrogens with zero attached hydrogens (tertiary/aromatic N) is 1. The van der Waals surface area contributed by atoms with Gasteiger partial charge in [0.15, 0.2) is 0 Å². The van der Waals surface area contributed by atoms with Crippen LogP contribution in [-0.2, 0) is 5.54 Å². The van der Waals surface area contributed by atoms with E-state index in [1.165, 1.54) is 31.4 Å². The molecule has 0 amide bonds. The van der Waals surface area contributed by atoms with E-state index in [4.69, 9.17) is 5.73 Å². The number of aromatic nitrogens is 2. The smallest absolute Gasteiger partial charge is 0.126 e. The maximum absolute atomic E-state index is 6.20. The Bertz CT molecular complexity index is 334. The SMILES string of the molecule is NC1(c2ncc(C3CCC3)[nH]2)CCC1. The summed E-state index contributed by atoms with van der Waals surface area (Å²) in [7, 11) is 0. The van der Waals surface area contributed by atoms with Gasteiger partial charge in [-0.2, -0.15) is 0 Å². The monoisotopic (exact) mass is 191 g/mol. The molecule has 0 atom stereocenters. The molecule has 2 aliphatic carbocycles. The number of hydrogen-bond acceptors (Lipinski definition) is 2. The standard InChI is InChI=1S/C11H17N3/c12-11(5-2-6-11)10-13-7-9(14-10)8-3-1-4-8/h7-8H,1-6,12H2,(H,13,14). The molecule has 1 aromatic heterocycles. The molecule has 0 spiro atoms. The van der Waals surface area contributed by atoms with Crippen molar-refractivity contribution in [1.82, 2.24) is 9.97 Å². The van der Waals surface area contributed by atoms with E-state index in [-0.39, 0.29) is 5.54 Å². The molecule has 0 aliphatic heterocycles. The zero-order valence-electron chi connectivity index (χ0n) is 8.42. The van der Waals surface area contributed by atoms with E-state index in [1.807, 2.05) is 6.20 Å². The lowest BCUT2D eigenvalue weighted by Gasteiger charge is -2.36. The van der Waals surface area contributed by atoms with Crippen LogP contribution in [0.2, 0.25) is 0 Å². The normalized spacial score (nSPS) is 25.5. The lowest BCUT2D eigenvalue weighted by Crippen LogP contribution is -2.44. The Balaban J connectivity index is 1.82. The Labute approximate surface area is 84.1 Å². The van der Waals surface area contributed by atoms with E-state index >= 15 is 0 Å². The van der Waals surface area contributed by atoms with Gasteiger partial charge < -0.3 is 10.7 Å². The molecule has 0 saturated heterocycles. The highest BCUT2D eigenvalue weighted by molar-refractivity contribution is 5.17. The third-order valence-corrected chi connectivity index (χ3v) is 3.86. The molecule has 3 heteroatoms. The fourth-order valence-corrected chi connectivity index (χ4v) is 2.31. The second kappa shape index (κ2) is 2.83. The van der Waals surface area contributed by atoms with Gasteiger partial charge in [-0.3, -0.25) is 0 Å². The van der Waals surface area contributed by atoms with E-state index in [9.17, 15) is 0 Å². The molecule has 2 saturated carbocycles. The largest absolute Gasteiger partial charge is 0.344 e. The molecule has 0 unspecified atom stereocenters. The third kappa shape index (κ3) is 1.12. The summed E-state index contributed by atoms with van der Waals surface area (Å²) in [4.78, 5) is 7.85. The Morgan fingerprint density at radius 3 is 2.64 bits per heavy atom. The minimum Gasteiger partial charge on any atom is -0.344 e. The average molecular weight is 191 g/mol. The van der Waals surface area contributed by atoms with Crippen molar-refractivity contribution in [2.24, 2.45) is 5.73 Å². The highest BCUT2D eigenvalue weighted by Gasteiger charge is 2.37. The molecule has 14 heavy (non-hydrogen) atoms. The van der Waals surface area contributed by atoms with E-state index in [0.29, 0.717) is 0 Å². The first-order valence-electron chi connectivity index (χ1n) is 5.62. The van der Waals surface area contributed by atoms with Crippen molar-refractivity contribution in [3.63, 3.8) is 0 Å². The first-order valence-corrected chi connectivity index (χ1v) is 5.62. The van der Waals surface area contributed by atoms with Gasteiger partial charge in [-0.05, 0) is 32.1 Å². The van der Waals surface area contributed by atoms with E-state index in [2.05, 4.69) is 9.97 Å². The van der Waals surface area contributed by atoms with Crippen LogP contribution >= 0.6 is 0 Å². The molecule has 3 N–H and O–H groups in total. The fourth-order valence-electron chi connectivity index (χ4n) is 2.31. The molecular weight excluding hydrogens is 174 g/mol. The number of rotatable bonds is 2. The summed E-state index contributed by atoms with van der Waals surface area (Å²) in [5.74, 6) is 1.76. The first-order chi connectivity index (χ1) is 6.78. The van der Waals surface area contributed by atoms with Gasteiger partial charge in [0.05, 0.1) is 5.54 Å². The lowest BCUT2D eigenvalue weighted by molar-refractivity contribution is 0.239. The van der Waals surface area contributed by atoms with E-state index in [0.717, 1.165) is 24.6 Å². The van der Waals surface area contributed by atoms with E-state index in [1.54, 1.807) is 0 Å². The van der Waals surface area contributed by atoms with Gasteiger partial charge in [-0.1, -0.05) is 6.42 Å². The van der Waals surface area contributed by atoms with Crippen LogP contribution < -0.4 is 5.73 Å². The summed E-state index contributed by atoms with van der Waals surface area (Å²) in [5, 5.41) is 0. The maximum atomic E-state index is 6.20. The molecule has 0 bridgehead atoms. The quantitative estimate of drug-likeness (QED) is 0.751. The molecule has 2 fully saturated rings. The van der Waals surface area contributed by atoms with Gasteiger partial charge in [-0.15, -0.1) is 0 Å². The first kappa shape index (κ1) is 8.48. The van der Waals surface area contributed by atoms with Gasteiger partial charge in [0.1, 0.15) is 5.82 Å². The minimum absolute atomic E-state index is 0.123. The summed E-state index contributed by atoms with van der Waals surface area (Å²) < 4.78 is 0. The van der Waals surface area contributed by atoms with Crippen molar-refractivity contribution < 1.29 is 0 Å². The molecular formula is C11H17N3. The van der Waals surface area contributed by atoms with Gasteiger partial charge >= 0.3 is 0 Å². The second-order valence-electron chi connectivity index (χ2n) is 4.82. The van der Waals surface area contributed by atoms with Crippen molar-refractivity contribution in [3.05, 3.63) is 17.7 Å². The van der Waals surface area contributed by atoms with Crippen LogP contribution in [-0.4, -0.2) is 9.97 Å². The maximum Gasteiger partial charge on any atom is 0.126 e. The van der Waals surface area contributed by atoms with Gasteiger partial charge in [0, 0.05) is 17.8 Å². The van der Waals surface area contributed by atoms with Gasteiger partial charge in [-0.25, -0.2) is 4.98 Å². The van der Waals surface area contributed by atoms with E-state index < -0.39 is 0 Å².